The van der Waals surface area contributed by atoms with Gasteiger partial charge in [0.15, 0.2) is 0 Å². The maximum absolute atomic E-state index is 12.1. The number of benzene rings is 1. The van der Waals surface area contributed by atoms with E-state index in [1.165, 1.54) is 25.7 Å². The van der Waals surface area contributed by atoms with Gasteiger partial charge in [-0.15, -0.1) is 0 Å². The highest BCUT2D eigenvalue weighted by atomic mass is 35.5. The molecule has 0 aromatic heterocycles. The Morgan fingerprint density at radius 3 is 2.72 bits per heavy atom. The average molecular weight is 266 g/mol. The van der Waals surface area contributed by atoms with Gasteiger partial charge in [-0.1, -0.05) is 37.4 Å². The Hall–Kier alpha value is -1.02. The summed E-state index contributed by atoms with van der Waals surface area (Å²) in [5.74, 6) is -0.0110. The molecule has 1 saturated carbocycles. The molecule has 0 aliphatic heterocycles. The van der Waals surface area contributed by atoms with Gasteiger partial charge in [0.05, 0.1) is 0 Å². The molecule has 1 aliphatic carbocycles. The lowest BCUT2D eigenvalue weighted by atomic mass is 9.89. The summed E-state index contributed by atoms with van der Waals surface area (Å²) in [4.78, 5) is 12.1. The second-order valence-electron chi connectivity index (χ2n) is 5.66. The molecular weight excluding hydrogens is 246 g/mol. The average Bonchev–Trinajstić information content (AvgIpc) is 2.77. The third kappa shape index (κ3) is 3.05. The van der Waals surface area contributed by atoms with Gasteiger partial charge >= 0.3 is 0 Å². The van der Waals surface area contributed by atoms with Crippen LogP contribution in [0.2, 0.25) is 5.02 Å². The lowest BCUT2D eigenvalue weighted by Crippen LogP contribution is -2.34. The van der Waals surface area contributed by atoms with Gasteiger partial charge in [0.25, 0.3) is 5.91 Å². The van der Waals surface area contributed by atoms with E-state index >= 15 is 0 Å². The van der Waals surface area contributed by atoms with Crippen molar-refractivity contribution in [1.29, 1.82) is 0 Å². The molecule has 2 rings (SSSR count). The van der Waals surface area contributed by atoms with Crippen molar-refractivity contribution < 1.29 is 4.79 Å². The number of carbonyl (C=O) groups excluding carboxylic acids is 1. The molecule has 3 heteroatoms. The van der Waals surface area contributed by atoms with E-state index in [0.29, 0.717) is 10.6 Å². The lowest BCUT2D eigenvalue weighted by molar-refractivity contribution is 0.0933. The first-order chi connectivity index (χ1) is 8.50. The second-order valence-corrected chi connectivity index (χ2v) is 6.10. The molecule has 1 aliphatic rings. The molecule has 0 saturated heterocycles. The third-order valence-electron chi connectivity index (χ3n) is 3.93. The number of amides is 1. The summed E-state index contributed by atoms with van der Waals surface area (Å²) in [6.45, 7) is 4.95. The minimum Gasteiger partial charge on any atom is -0.351 e. The Kier molecular flexibility index (Phi) is 3.96. The molecule has 1 amide bonds. The van der Waals surface area contributed by atoms with E-state index in [1.54, 1.807) is 6.07 Å². The maximum atomic E-state index is 12.1. The minimum atomic E-state index is -0.0110. The van der Waals surface area contributed by atoms with Crippen molar-refractivity contribution >= 4 is 17.5 Å². The van der Waals surface area contributed by atoms with Gasteiger partial charge in [-0.25, -0.2) is 0 Å². The zero-order valence-corrected chi connectivity index (χ0v) is 11.8. The van der Waals surface area contributed by atoms with Crippen molar-refractivity contribution in [2.75, 3.05) is 6.54 Å². The molecule has 1 N–H and O–H groups in total. The normalized spacial score (nSPS) is 17.7. The van der Waals surface area contributed by atoms with Crippen LogP contribution in [0.1, 0.15) is 48.5 Å². The molecular formula is C15H20ClNO. The van der Waals surface area contributed by atoms with E-state index in [-0.39, 0.29) is 11.3 Å². The molecule has 98 valence electrons. The zero-order valence-electron chi connectivity index (χ0n) is 11.1. The fourth-order valence-corrected chi connectivity index (χ4v) is 2.81. The molecule has 1 aromatic rings. The Morgan fingerprint density at radius 2 is 2.06 bits per heavy atom. The van der Waals surface area contributed by atoms with Crippen molar-refractivity contribution in [3.05, 3.63) is 34.3 Å². The number of nitrogens with one attached hydrogen (secondary N) is 1. The Balaban J connectivity index is 2.01. The highest BCUT2D eigenvalue weighted by Crippen LogP contribution is 2.36. The summed E-state index contributed by atoms with van der Waals surface area (Å²) < 4.78 is 0. The van der Waals surface area contributed by atoms with E-state index < -0.39 is 0 Å². The first-order valence-corrected chi connectivity index (χ1v) is 6.92. The molecule has 1 fully saturated rings. The van der Waals surface area contributed by atoms with Crippen molar-refractivity contribution in [2.45, 2.75) is 39.5 Å². The first-order valence-electron chi connectivity index (χ1n) is 6.55. The summed E-state index contributed by atoms with van der Waals surface area (Å²) in [6, 6.07) is 5.43. The van der Waals surface area contributed by atoms with Crippen LogP contribution in [-0.4, -0.2) is 12.5 Å². The van der Waals surface area contributed by atoms with Gasteiger partial charge in [0, 0.05) is 17.1 Å². The molecule has 0 bridgehead atoms. The Morgan fingerprint density at radius 1 is 1.39 bits per heavy atom. The van der Waals surface area contributed by atoms with Gasteiger partial charge in [-0.2, -0.15) is 0 Å². The van der Waals surface area contributed by atoms with Crippen molar-refractivity contribution in [3.63, 3.8) is 0 Å². The van der Waals surface area contributed by atoms with E-state index in [1.807, 2.05) is 19.1 Å². The molecule has 1 aromatic carbocycles. The lowest BCUT2D eigenvalue weighted by Gasteiger charge is -2.23. The number of carbonyl (C=O) groups is 1. The van der Waals surface area contributed by atoms with Gasteiger partial charge in [-0.05, 0) is 42.9 Å². The SMILES string of the molecule is Cc1ccc(Cl)cc1C(=O)NCC1(C)CCCC1. The second kappa shape index (κ2) is 5.31. The van der Waals surface area contributed by atoms with Crippen LogP contribution in [0.4, 0.5) is 0 Å². The van der Waals surface area contributed by atoms with Gasteiger partial charge < -0.3 is 5.32 Å². The Bertz CT molecular complexity index is 450. The molecule has 0 unspecified atom stereocenters. The predicted molar refractivity (Wildman–Crippen MR) is 75.1 cm³/mol. The number of halogens is 1. The smallest absolute Gasteiger partial charge is 0.251 e. The van der Waals surface area contributed by atoms with Gasteiger partial charge in [0.1, 0.15) is 0 Å². The molecule has 0 heterocycles. The first kappa shape index (κ1) is 13.4. The van der Waals surface area contributed by atoms with Crippen molar-refractivity contribution in [3.8, 4) is 0 Å². The predicted octanol–water partition coefficient (Wildman–Crippen LogP) is 3.96. The standard InChI is InChI=1S/C15H20ClNO/c1-11-5-6-12(16)9-13(11)14(18)17-10-15(2)7-3-4-8-15/h5-6,9H,3-4,7-8,10H2,1-2H3,(H,17,18). The molecule has 2 nitrogen and oxygen atoms in total. The zero-order chi connectivity index (χ0) is 13.2. The number of rotatable bonds is 3. The van der Waals surface area contributed by atoms with Crippen molar-refractivity contribution in [1.82, 2.24) is 5.32 Å². The van der Waals surface area contributed by atoms with Crippen LogP contribution in [0, 0.1) is 12.3 Å². The molecule has 0 spiro atoms. The molecule has 18 heavy (non-hydrogen) atoms. The summed E-state index contributed by atoms with van der Waals surface area (Å²) >= 11 is 5.94. The van der Waals surface area contributed by atoms with Crippen LogP contribution in [0.5, 0.6) is 0 Å². The van der Waals surface area contributed by atoms with Crippen LogP contribution in [0.15, 0.2) is 18.2 Å². The summed E-state index contributed by atoms with van der Waals surface area (Å²) in [5.41, 5.74) is 1.93. The van der Waals surface area contributed by atoms with Gasteiger partial charge in [0.2, 0.25) is 0 Å². The number of aryl methyl sites for hydroxylation is 1. The van der Waals surface area contributed by atoms with E-state index in [0.717, 1.165) is 12.1 Å². The molecule has 0 radical (unpaired) electrons. The maximum Gasteiger partial charge on any atom is 0.251 e. The highest BCUT2D eigenvalue weighted by Gasteiger charge is 2.29. The third-order valence-corrected chi connectivity index (χ3v) is 4.17. The fourth-order valence-electron chi connectivity index (χ4n) is 2.63. The Labute approximate surface area is 114 Å². The van der Waals surface area contributed by atoms with Crippen LogP contribution in [0.25, 0.3) is 0 Å². The number of hydrogen-bond acceptors (Lipinski definition) is 1. The van der Waals surface area contributed by atoms with E-state index in [9.17, 15) is 4.79 Å². The number of hydrogen-bond donors (Lipinski definition) is 1. The van der Waals surface area contributed by atoms with E-state index in [4.69, 9.17) is 11.6 Å². The fraction of sp³-hybridized carbons (Fsp3) is 0.533. The highest BCUT2D eigenvalue weighted by molar-refractivity contribution is 6.31. The summed E-state index contributed by atoms with van der Waals surface area (Å²) in [6.07, 6.45) is 4.98. The van der Waals surface area contributed by atoms with Crippen LogP contribution in [-0.2, 0) is 0 Å². The topological polar surface area (TPSA) is 29.1 Å². The van der Waals surface area contributed by atoms with Gasteiger partial charge in [-0.3, -0.25) is 4.79 Å². The summed E-state index contributed by atoms with van der Waals surface area (Å²) in [7, 11) is 0. The van der Waals surface area contributed by atoms with Crippen LogP contribution >= 0.6 is 11.6 Å². The monoisotopic (exact) mass is 265 g/mol. The summed E-state index contributed by atoms with van der Waals surface area (Å²) in [5, 5.41) is 3.66. The minimum absolute atomic E-state index is 0.0110. The van der Waals surface area contributed by atoms with E-state index in [2.05, 4.69) is 12.2 Å². The van der Waals surface area contributed by atoms with Crippen LogP contribution < -0.4 is 5.32 Å². The van der Waals surface area contributed by atoms with Crippen molar-refractivity contribution in [2.24, 2.45) is 5.41 Å². The largest absolute Gasteiger partial charge is 0.351 e. The quantitative estimate of drug-likeness (QED) is 0.881. The van der Waals surface area contributed by atoms with Crippen LogP contribution in [0.3, 0.4) is 0 Å². The molecule has 0 atom stereocenters.